The Balaban J connectivity index is 2.46. The van der Waals surface area contributed by atoms with E-state index in [9.17, 15) is 0 Å². The maximum atomic E-state index is 9.05. The first-order valence-corrected chi connectivity index (χ1v) is 4.63. The minimum Gasteiger partial charge on any atom is -0.423 e. The molecular formula is C10H11BN2O2. The van der Waals surface area contributed by atoms with Crippen molar-refractivity contribution in [3.63, 3.8) is 0 Å². The molecule has 0 fully saturated rings. The minimum absolute atomic E-state index is 0.480. The highest BCUT2D eigenvalue weighted by molar-refractivity contribution is 6.58. The van der Waals surface area contributed by atoms with Crippen molar-refractivity contribution in [2.45, 2.75) is 0 Å². The molecule has 4 nitrogen and oxygen atoms in total. The van der Waals surface area contributed by atoms with Crippen LogP contribution in [0.4, 0.5) is 0 Å². The predicted molar refractivity (Wildman–Crippen MR) is 58.5 cm³/mol. The van der Waals surface area contributed by atoms with Crippen LogP contribution in [0.3, 0.4) is 0 Å². The fourth-order valence-electron chi connectivity index (χ4n) is 1.52. The molecule has 0 saturated carbocycles. The number of rotatable bonds is 2. The molecule has 1 heterocycles. The van der Waals surface area contributed by atoms with Gasteiger partial charge in [-0.05, 0) is 17.1 Å². The van der Waals surface area contributed by atoms with E-state index in [1.54, 1.807) is 29.1 Å². The van der Waals surface area contributed by atoms with Crippen LogP contribution in [0.5, 0.6) is 0 Å². The van der Waals surface area contributed by atoms with Gasteiger partial charge in [-0.1, -0.05) is 24.3 Å². The van der Waals surface area contributed by atoms with Crippen molar-refractivity contribution in [2.75, 3.05) is 0 Å². The summed E-state index contributed by atoms with van der Waals surface area (Å²) in [5.41, 5.74) is 2.34. The first-order valence-electron chi connectivity index (χ1n) is 4.63. The van der Waals surface area contributed by atoms with Crippen LogP contribution in [0, 0.1) is 0 Å². The Hall–Kier alpha value is -1.59. The Morgan fingerprint density at radius 1 is 1.27 bits per heavy atom. The first kappa shape index (κ1) is 9.95. The summed E-state index contributed by atoms with van der Waals surface area (Å²) in [6.45, 7) is 0. The number of hydrogen-bond donors (Lipinski definition) is 2. The fourth-order valence-corrected chi connectivity index (χ4v) is 1.52. The molecule has 0 amide bonds. The molecule has 2 rings (SSSR count). The molecule has 0 spiro atoms. The van der Waals surface area contributed by atoms with Crippen molar-refractivity contribution in [3.8, 4) is 11.3 Å². The molecule has 0 aliphatic carbocycles. The number of nitrogens with zero attached hydrogens (tertiary/aromatic N) is 2. The van der Waals surface area contributed by atoms with E-state index < -0.39 is 7.12 Å². The van der Waals surface area contributed by atoms with E-state index in [0.29, 0.717) is 5.46 Å². The Morgan fingerprint density at radius 3 is 2.67 bits per heavy atom. The van der Waals surface area contributed by atoms with Gasteiger partial charge in [0.2, 0.25) is 0 Å². The summed E-state index contributed by atoms with van der Waals surface area (Å²) < 4.78 is 1.74. The van der Waals surface area contributed by atoms with Gasteiger partial charge < -0.3 is 10.0 Å². The molecule has 0 saturated heterocycles. The molecule has 2 aromatic rings. The molecule has 1 aromatic heterocycles. The molecule has 0 atom stereocenters. The lowest BCUT2D eigenvalue weighted by atomic mass is 9.79. The summed E-state index contributed by atoms with van der Waals surface area (Å²) in [5.74, 6) is 0. The average Bonchev–Trinajstić information content (AvgIpc) is 2.64. The van der Waals surface area contributed by atoms with Gasteiger partial charge in [0.15, 0.2) is 0 Å². The largest absolute Gasteiger partial charge is 0.488 e. The van der Waals surface area contributed by atoms with Crippen molar-refractivity contribution < 1.29 is 10.0 Å². The molecule has 15 heavy (non-hydrogen) atoms. The summed E-state index contributed by atoms with van der Waals surface area (Å²) in [5, 5.41) is 22.2. The minimum atomic E-state index is -1.43. The molecule has 76 valence electrons. The Labute approximate surface area is 87.9 Å². The van der Waals surface area contributed by atoms with Crippen molar-refractivity contribution in [2.24, 2.45) is 7.05 Å². The van der Waals surface area contributed by atoms with E-state index in [1.807, 2.05) is 19.2 Å². The third-order valence-electron chi connectivity index (χ3n) is 2.30. The van der Waals surface area contributed by atoms with Gasteiger partial charge in [-0.15, -0.1) is 0 Å². The zero-order valence-electron chi connectivity index (χ0n) is 8.33. The normalized spacial score (nSPS) is 10.3. The molecule has 0 radical (unpaired) electrons. The quantitative estimate of drug-likeness (QED) is 0.661. The van der Waals surface area contributed by atoms with Gasteiger partial charge in [0.05, 0.1) is 5.69 Å². The van der Waals surface area contributed by atoms with Crippen molar-refractivity contribution in [3.05, 3.63) is 36.5 Å². The second-order valence-corrected chi connectivity index (χ2v) is 3.34. The topological polar surface area (TPSA) is 58.3 Å². The van der Waals surface area contributed by atoms with Crippen molar-refractivity contribution >= 4 is 12.6 Å². The maximum Gasteiger partial charge on any atom is 0.488 e. The average molecular weight is 202 g/mol. The van der Waals surface area contributed by atoms with Crippen LogP contribution in [0.15, 0.2) is 36.5 Å². The second-order valence-electron chi connectivity index (χ2n) is 3.34. The smallest absolute Gasteiger partial charge is 0.423 e. The van der Waals surface area contributed by atoms with E-state index in [0.717, 1.165) is 11.3 Å². The van der Waals surface area contributed by atoms with Crippen LogP contribution >= 0.6 is 0 Å². The van der Waals surface area contributed by atoms with Gasteiger partial charge in [-0.3, -0.25) is 4.68 Å². The summed E-state index contributed by atoms with van der Waals surface area (Å²) in [6.07, 6.45) is 1.71. The van der Waals surface area contributed by atoms with Gasteiger partial charge >= 0.3 is 7.12 Å². The summed E-state index contributed by atoms with van der Waals surface area (Å²) >= 11 is 0. The number of hydrogen-bond acceptors (Lipinski definition) is 3. The first-order chi connectivity index (χ1) is 7.18. The second kappa shape index (κ2) is 3.88. The van der Waals surface area contributed by atoms with E-state index in [1.165, 1.54) is 0 Å². The summed E-state index contributed by atoms with van der Waals surface area (Å²) in [6, 6.07) is 8.98. The lowest BCUT2D eigenvalue weighted by molar-refractivity contribution is 0.426. The molecule has 0 aliphatic rings. The third-order valence-corrected chi connectivity index (χ3v) is 2.30. The van der Waals surface area contributed by atoms with Crippen LogP contribution in [0.25, 0.3) is 11.3 Å². The van der Waals surface area contributed by atoms with Crippen molar-refractivity contribution in [1.29, 1.82) is 0 Å². The van der Waals surface area contributed by atoms with E-state index >= 15 is 0 Å². The van der Waals surface area contributed by atoms with E-state index in [-0.39, 0.29) is 0 Å². The summed E-state index contributed by atoms with van der Waals surface area (Å²) in [4.78, 5) is 0. The number of benzene rings is 1. The molecule has 0 aliphatic heterocycles. The predicted octanol–water partition coefficient (Wildman–Crippen LogP) is -0.233. The lowest BCUT2D eigenvalue weighted by Gasteiger charge is -2.04. The van der Waals surface area contributed by atoms with Crippen LogP contribution < -0.4 is 5.46 Å². The molecule has 5 heteroatoms. The van der Waals surface area contributed by atoms with Crippen LogP contribution in [-0.4, -0.2) is 26.9 Å². The highest BCUT2D eigenvalue weighted by Crippen LogP contribution is 2.16. The van der Waals surface area contributed by atoms with Crippen LogP contribution in [0.2, 0.25) is 0 Å². The highest BCUT2D eigenvalue weighted by atomic mass is 16.4. The van der Waals surface area contributed by atoms with E-state index in [2.05, 4.69) is 5.10 Å². The van der Waals surface area contributed by atoms with Gasteiger partial charge in [0, 0.05) is 13.2 Å². The number of aromatic nitrogens is 2. The van der Waals surface area contributed by atoms with Gasteiger partial charge in [0.25, 0.3) is 0 Å². The lowest BCUT2D eigenvalue weighted by Crippen LogP contribution is -2.29. The Morgan fingerprint density at radius 2 is 2.07 bits per heavy atom. The number of aryl methyl sites for hydroxylation is 1. The van der Waals surface area contributed by atoms with Gasteiger partial charge in [-0.25, -0.2) is 0 Å². The third kappa shape index (κ3) is 1.93. The highest BCUT2D eigenvalue weighted by Gasteiger charge is 2.12. The molecular weight excluding hydrogens is 191 g/mol. The zero-order chi connectivity index (χ0) is 10.8. The molecule has 0 unspecified atom stereocenters. The van der Waals surface area contributed by atoms with Crippen LogP contribution in [0.1, 0.15) is 0 Å². The monoisotopic (exact) mass is 202 g/mol. The van der Waals surface area contributed by atoms with E-state index in [4.69, 9.17) is 10.0 Å². The molecule has 0 bridgehead atoms. The van der Waals surface area contributed by atoms with Crippen molar-refractivity contribution in [1.82, 2.24) is 9.78 Å². The molecule has 1 aromatic carbocycles. The standard InChI is InChI=1S/C10H11BN2O2/c1-13-10(5-6-12-13)8-3-2-4-9(7-8)11(14)15/h2-7,14-15H,1H3. The Kier molecular flexibility index (Phi) is 2.57. The SMILES string of the molecule is Cn1nccc1-c1cccc(B(O)O)c1. The van der Waals surface area contributed by atoms with Gasteiger partial charge in [0.1, 0.15) is 0 Å². The fraction of sp³-hybridized carbons (Fsp3) is 0.100. The Bertz CT molecular complexity index is 468. The zero-order valence-corrected chi connectivity index (χ0v) is 8.33. The van der Waals surface area contributed by atoms with Gasteiger partial charge in [-0.2, -0.15) is 5.10 Å². The molecule has 2 N–H and O–H groups in total. The van der Waals surface area contributed by atoms with Crippen LogP contribution in [-0.2, 0) is 7.05 Å². The maximum absolute atomic E-state index is 9.05. The summed E-state index contributed by atoms with van der Waals surface area (Å²) in [7, 11) is 0.412.